The molecule has 0 fully saturated rings. The van der Waals surface area contributed by atoms with Gasteiger partial charge in [0.25, 0.3) is 0 Å². The predicted molar refractivity (Wildman–Crippen MR) is 87.9 cm³/mol. The first-order chi connectivity index (χ1) is 12.3. The van der Waals surface area contributed by atoms with E-state index in [2.05, 4.69) is 5.32 Å². The number of esters is 1. The minimum atomic E-state index is -4.60. The number of hydrogen-bond acceptors (Lipinski definition) is 4. The molecule has 1 aliphatic heterocycles. The van der Waals surface area contributed by atoms with Gasteiger partial charge < -0.3 is 10.1 Å². The zero-order valence-electron chi connectivity index (χ0n) is 14.4. The summed E-state index contributed by atoms with van der Waals surface area (Å²) in [6.07, 6.45) is -3.18. The summed E-state index contributed by atoms with van der Waals surface area (Å²) in [5.74, 6) is -2.08. The van der Waals surface area contributed by atoms with Crippen LogP contribution in [0.15, 0.2) is 46.8 Å². The maximum absolute atomic E-state index is 13.6. The van der Waals surface area contributed by atoms with Crippen LogP contribution in [0.2, 0.25) is 0 Å². The smallest absolute Gasteiger partial charge is 0.416 e. The number of hydrogen-bond donors (Lipinski definition) is 1. The molecule has 3 rings (SSSR count). The molecule has 138 valence electrons. The van der Waals surface area contributed by atoms with Gasteiger partial charge in [0.05, 0.1) is 18.2 Å². The molecule has 0 saturated carbocycles. The quantitative estimate of drug-likeness (QED) is 0.809. The van der Waals surface area contributed by atoms with Crippen molar-refractivity contribution in [3.8, 4) is 0 Å². The number of nitrogens with one attached hydrogen (secondary N) is 1. The third-order valence-electron chi connectivity index (χ3n) is 4.76. The maximum Gasteiger partial charge on any atom is 0.416 e. The van der Waals surface area contributed by atoms with Crippen molar-refractivity contribution in [2.24, 2.45) is 0 Å². The van der Waals surface area contributed by atoms with Crippen LogP contribution < -0.4 is 5.32 Å². The molecule has 0 radical (unpaired) electrons. The summed E-state index contributed by atoms with van der Waals surface area (Å²) in [4.78, 5) is 25.0. The molecule has 7 heteroatoms. The average molecular weight is 365 g/mol. The largest absolute Gasteiger partial charge is 0.466 e. The van der Waals surface area contributed by atoms with Crippen LogP contribution >= 0.6 is 0 Å². The Morgan fingerprint density at radius 1 is 1.23 bits per heavy atom. The number of allylic oxidation sites excluding steroid dienone is 3. The summed E-state index contributed by atoms with van der Waals surface area (Å²) in [6, 6.07) is 5.06. The maximum atomic E-state index is 13.6. The van der Waals surface area contributed by atoms with Crippen molar-refractivity contribution in [3.05, 3.63) is 57.9 Å². The van der Waals surface area contributed by atoms with Gasteiger partial charge >= 0.3 is 12.1 Å². The Labute approximate surface area is 148 Å². The molecule has 1 aromatic rings. The van der Waals surface area contributed by atoms with Gasteiger partial charge in [0.15, 0.2) is 5.78 Å². The lowest BCUT2D eigenvalue weighted by Crippen LogP contribution is -2.35. The van der Waals surface area contributed by atoms with Gasteiger partial charge in [-0.2, -0.15) is 13.2 Å². The zero-order valence-corrected chi connectivity index (χ0v) is 14.4. The number of methoxy groups -OCH3 is 1. The third kappa shape index (κ3) is 3.02. The number of halogens is 3. The van der Waals surface area contributed by atoms with Gasteiger partial charge in [0, 0.05) is 29.3 Å². The van der Waals surface area contributed by atoms with E-state index in [-0.39, 0.29) is 28.9 Å². The molecule has 4 nitrogen and oxygen atoms in total. The van der Waals surface area contributed by atoms with Crippen LogP contribution in [0.3, 0.4) is 0 Å². The molecule has 1 heterocycles. The Kier molecular flexibility index (Phi) is 4.64. The summed E-state index contributed by atoms with van der Waals surface area (Å²) in [5.41, 5.74) is 0.313. The molecule has 1 atom stereocenters. The predicted octanol–water partition coefficient (Wildman–Crippen LogP) is 3.85. The van der Waals surface area contributed by atoms with E-state index in [9.17, 15) is 22.8 Å². The van der Waals surface area contributed by atoms with E-state index < -0.39 is 23.6 Å². The number of Topliss-reactive ketones (excluding diaryl/α,β-unsaturated/α-hetero) is 1. The number of ketones is 1. The van der Waals surface area contributed by atoms with Crippen LogP contribution in [0.1, 0.15) is 43.2 Å². The van der Waals surface area contributed by atoms with Crippen LogP contribution in [0.5, 0.6) is 0 Å². The lowest BCUT2D eigenvalue weighted by Gasteiger charge is -2.35. The van der Waals surface area contributed by atoms with Gasteiger partial charge in [-0.15, -0.1) is 0 Å². The zero-order chi connectivity index (χ0) is 19.1. The Balaban J connectivity index is 2.29. The summed E-state index contributed by atoms with van der Waals surface area (Å²) in [5, 5.41) is 3.03. The minimum absolute atomic E-state index is 0.0400. The first-order valence-corrected chi connectivity index (χ1v) is 8.24. The Morgan fingerprint density at radius 3 is 2.58 bits per heavy atom. The fraction of sp³-hybridized carbons (Fsp3) is 0.368. The Morgan fingerprint density at radius 2 is 1.92 bits per heavy atom. The molecule has 1 N–H and O–H groups in total. The average Bonchev–Trinajstić information content (AvgIpc) is 2.59. The highest BCUT2D eigenvalue weighted by Crippen LogP contribution is 2.46. The minimum Gasteiger partial charge on any atom is -0.466 e. The second-order valence-electron chi connectivity index (χ2n) is 6.34. The molecule has 1 aromatic carbocycles. The van der Waals surface area contributed by atoms with E-state index in [1.54, 1.807) is 6.92 Å². The normalized spacial score (nSPS) is 20.7. The third-order valence-corrected chi connectivity index (χ3v) is 4.76. The molecule has 2 aliphatic rings. The van der Waals surface area contributed by atoms with E-state index in [1.165, 1.54) is 25.3 Å². The van der Waals surface area contributed by atoms with Crippen LogP contribution in [0.4, 0.5) is 13.2 Å². The van der Waals surface area contributed by atoms with E-state index in [4.69, 9.17) is 4.74 Å². The van der Waals surface area contributed by atoms with Crippen molar-refractivity contribution in [2.75, 3.05) is 7.11 Å². The van der Waals surface area contributed by atoms with Gasteiger partial charge in [-0.3, -0.25) is 4.79 Å². The molecule has 0 amide bonds. The van der Waals surface area contributed by atoms with Crippen molar-refractivity contribution >= 4 is 11.8 Å². The number of alkyl halides is 3. The standard InChI is InChI=1S/C19H18F3NO3/c1-10-15(18(25)26-2)16(17-13(23-10)8-5-9-14(17)24)11-6-3-4-7-12(11)19(20,21)22/h3-4,6-7,16,23H,5,8-9H2,1-2H3/t16-/m0/s1. The first-order valence-electron chi connectivity index (χ1n) is 8.24. The number of ether oxygens (including phenoxy) is 1. The van der Waals surface area contributed by atoms with Crippen molar-refractivity contribution in [2.45, 2.75) is 38.3 Å². The Hall–Kier alpha value is -2.57. The SMILES string of the molecule is COC(=O)C1=C(C)NC2=C(C(=O)CCC2)[C@H]1c1ccccc1C(F)(F)F. The van der Waals surface area contributed by atoms with E-state index in [0.29, 0.717) is 24.2 Å². The second-order valence-corrected chi connectivity index (χ2v) is 6.34. The lowest BCUT2D eigenvalue weighted by molar-refractivity contribution is -0.139. The van der Waals surface area contributed by atoms with E-state index in [0.717, 1.165) is 6.07 Å². The second kappa shape index (κ2) is 6.63. The molecule has 0 bridgehead atoms. The van der Waals surface area contributed by atoms with E-state index >= 15 is 0 Å². The van der Waals surface area contributed by atoms with Crippen LogP contribution in [-0.2, 0) is 20.5 Å². The molecule has 0 aromatic heterocycles. The number of dihydropyridines is 1. The first kappa shape index (κ1) is 18.2. The topological polar surface area (TPSA) is 55.4 Å². The summed E-state index contributed by atoms with van der Waals surface area (Å²) < 4.78 is 45.5. The van der Waals surface area contributed by atoms with Gasteiger partial charge in [-0.05, 0) is 31.4 Å². The van der Waals surface area contributed by atoms with Crippen molar-refractivity contribution in [1.29, 1.82) is 0 Å². The van der Waals surface area contributed by atoms with Gasteiger partial charge in [-0.1, -0.05) is 18.2 Å². The number of carbonyl (C=O) groups is 2. The lowest BCUT2D eigenvalue weighted by atomic mass is 9.74. The van der Waals surface area contributed by atoms with Crippen molar-refractivity contribution < 1.29 is 27.5 Å². The molecule has 0 spiro atoms. The van der Waals surface area contributed by atoms with Crippen LogP contribution in [0, 0.1) is 0 Å². The summed E-state index contributed by atoms with van der Waals surface area (Å²) >= 11 is 0. The summed E-state index contributed by atoms with van der Waals surface area (Å²) in [6.45, 7) is 1.61. The molecule has 0 unspecified atom stereocenters. The van der Waals surface area contributed by atoms with E-state index in [1.807, 2.05) is 0 Å². The monoisotopic (exact) mass is 365 g/mol. The van der Waals surface area contributed by atoms with Gasteiger partial charge in [0.2, 0.25) is 0 Å². The van der Waals surface area contributed by atoms with Crippen LogP contribution in [-0.4, -0.2) is 18.9 Å². The molecule has 1 aliphatic carbocycles. The van der Waals surface area contributed by atoms with Gasteiger partial charge in [-0.25, -0.2) is 4.79 Å². The van der Waals surface area contributed by atoms with Crippen LogP contribution in [0.25, 0.3) is 0 Å². The molecule has 0 saturated heterocycles. The summed E-state index contributed by atoms with van der Waals surface area (Å²) in [7, 11) is 1.17. The molecule has 26 heavy (non-hydrogen) atoms. The number of carbonyl (C=O) groups excluding carboxylic acids is 2. The van der Waals surface area contributed by atoms with Crippen molar-refractivity contribution in [3.63, 3.8) is 0 Å². The van der Waals surface area contributed by atoms with Gasteiger partial charge in [0.1, 0.15) is 0 Å². The highest BCUT2D eigenvalue weighted by molar-refractivity contribution is 6.03. The fourth-order valence-corrected chi connectivity index (χ4v) is 3.68. The van der Waals surface area contributed by atoms with Crippen molar-refractivity contribution in [1.82, 2.24) is 5.32 Å². The molecular formula is C19H18F3NO3. The fourth-order valence-electron chi connectivity index (χ4n) is 3.68. The highest BCUT2D eigenvalue weighted by Gasteiger charge is 2.43. The highest BCUT2D eigenvalue weighted by atomic mass is 19.4. The Bertz CT molecular complexity index is 837. The molecular weight excluding hydrogens is 347 g/mol. The number of benzene rings is 1. The number of rotatable bonds is 2.